The molecule has 0 aliphatic heterocycles. The van der Waals surface area contributed by atoms with E-state index in [1.807, 2.05) is 30.3 Å². The Labute approximate surface area is 198 Å². The van der Waals surface area contributed by atoms with Gasteiger partial charge in [-0.25, -0.2) is 13.1 Å². The number of benzene rings is 1. The molecule has 1 fully saturated rings. The molecule has 33 heavy (non-hydrogen) atoms. The van der Waals surface area contributed by atoms with Gasteiger partial charge in [0.15, 0.2) is 0 Å². The Hall–Kier alpha value is -2.71. The summed E-state index contributed by atoms with van der Waals surface area (Å²) in [4.78, 5) is 12.2. The van der Waals surface area contributed by atoms with E-state index in [0.717, 1.165) is 22.5 Å². The maximum absolute atomic E-state index is 13.2. The van der Waals surface area contributed by atoms with Crippen LogP contribution in [0.4, 0.5) is 0 Å². The van der Waals surface area contributed by atoms with Gasteiger partial charge in [-0.1, -0.05) is 62.8 Å². The van der Waals surface area contributed by atoms with Crippen LogP contribution in [0.3, 0.4) is 0 Å². The average Bonchev–Trinajstić information content (AvgIpc) is 3.17. The zero-order chi connectivity index (χ0) is 24.0. The monoisotopic (exact) mass is 499 g/mol. The molecular weight excluding hydrogens is 474 g/mol. The van der Waals surface area contributed by atoms with Gasteiger partial charge in [-0.2, -0.15) is 9.82 Å². The molecule has 2 aromatic heterocycles. The number of hydrogen-bond acceptors (Lipinski definition) is 5. The smallest absolute Gasteiger partial charge is 0.325 e. The summed E-state index contributed by atoms with van der Waals surface area (Å²) in [5.74, 6) is 1.12. The molecule has 2 N–H and O–H groups in total. The third-order valence-corrected chi connectivity index (χ3v) is 9.56. The molecule has 0 amide bonds. The zero-order valence-electron chi connectivity index (χ0n) is 18.7. The predicted octanol–water partition coefficient (Wildman–Crippen LogP) is 3.70. The molecule has 3 aromatic rings. The highest BCUT2D eigenvalue weighted by atomic mass is 32.2. The molecule has 1 aliphatic carbocycles. The number of thiophene rings is 1. The van der Waals surface area contributed by atoms with Crippen LogP contribution in [0, 0.1) is 17.4 Å². The van der Waals surface area contributed by atoms with E-state index in [4.69, 9.17) is 0 Å². The van der Waals surface area contributed by atoms with Crippen LogP contribution in [0.25, 0.3) is 5.00 Å². The third kappa shape index (κ3) is 4.54. The minimum atomic E-state index is -4.06. The molecule has 0 bridgehead atoms. The minimum absolute atomic E-state index is 0.0364. The second kappa shape index (κ2) is 8.25. The number of aromatic nitrogens is 2. The first-order valence-corrected chi connectivity index (χ1v) is 16.2. The summed E-state index contributed by atoms with van der Waals surface area (Å²) < 4.78 is 30.4. The standard InChI is InChI=1S/C23H25N3O4S2Si/c1-16-21(18-8-6-5-7-9-18)23(16,22(27)28)25-32(29,30)20-11-10-19(31-20)26-15-17(14-24-26)12-13-33(2,3)4/h5-11,14-16,21,25H,1-4H3,(H,27,28)/t16?,21-,23+/m1/s1. The lowest BCUT2D eigenvalue weighted by Crippen LogP contribution is -2.45. The van der Waals surface area contributed by atoms with Crippen molar-refractivity contribution in [3.05, 3.63) is 66.0 Å². The Morgan fingerprint density at radius 2 is 1.91 bits per heavy atom. The van der Waals surface area contributed by atoms with Crippen LogP contribution in [0.15, 0.2) is 59.1 Å². The first kappa shape index (κ1) is 23.4. The van der Waals surface area contributed by atoms with Gasteiger partial charge in [-0.3, -0.25) is 4.79 Å². The van der Waals surface area contributed by atoms with Crippen molar-refractivity contribution in [3.63, 3.8) is 0 Å². The largest absolute Gasteiger partial charge is 0.480 e. The fourth-order valence-electron chi connectivity index (χ4n) is 3.92. The highest BCUT2D eigenvalue weighted by Crippen LogP contribution is 2.58. The summed E-state index contributed by atoms with van der Waals surface area (Å²) in [7, 11) is -5.58. The lowest BCUT2D eigenvalue weighted by atomic mass is 10.1. The molecule has 0 spiro atoms. The van der Waals surface area contributed by atoms with Crippen molar-refractivity contribution in [1.29, 1.82) is 0 Å². The molecule has 0 radical (unpaired) electrons. The molecule has 172 valence electrons. The van der Waals surface area contributed by atoms with E-state index in [9.17, 15) is 18.3 Å². The molecule has 1 unspecified atom stereocenters. The summed E-state index contributed by atoms with van der Waals surface area (Å²) in [6.07, 6.45) is 3.41. The molecule has 3 atom stereocenters. The Kier molecular flexibility index (Phi) is 5.86. The number of carboxylic acids is 1. The van der Waals surface area contributed by atoms with Gasteiger partial charge in [-0.05, 0) is 23.6 Å². The number of aliphatic carboxylic acids is 1. The number of nitrogens with one attached hydrogen (secondary N) is 1. The second-order valence-corrected chi connectivity index (χ2v) is 16.9. The average molecular weight is 500 g/mol. The highest BCUT2D eigenvalue weighted by molar-refractivity contribution is 7.91. The summed E-state index contributed by atoms with van der Waals surface area (Å²) in [5, 5.41) is 14.9. The maximum Gasteiger partial charge on any atom is 0.325 e. The van der Waals surface area contributed by atoms with Gasteiger partial charge < -0.3 is 5.11 Å². The van der Waals surface area contributed by atoms with E-state index < -0.39 is 35.5 Å². The molecule has 1 saturated carbocycles. The van der Waals surface area contributed by atoms with Gasteiger partial charge >= 0.3 is 5.97 Å². The van der Waals surface area contributed by atoms with E-state index >= 15 is 0 Å². The Balaban J connectivity index is 1.59. The topological polar surface area (TPSA) is 101 Å². The quantitative estimate of drug-likeness (QED) is 0.398. The van der Waals surface area contributed by atoms with Gasteiger partial charge in [0.2, 0.25) is 0 Å². The zero-order valence-corrected chi connectivity index (χ0v) is 21.4. The summed E-state index contributed by atoms with van der Waals surface area (Å²) in [6, 6.07) is 12.2. The van der Waals surface area contributed by atoms with Gasteiger partial charge in [0, 0.05) is 12.1 Å². The molecule has 1 aromatic carbocycles. The summed E-state index contributed by atoms with van der Waals surface area (Å²) in [5.41, 5.74) is 3.26. The summed E-state index contributed by atoms with van der Waals surface area (Å²) >= 11 is 1.03. The van der Waals surface area contributed by atoms with Crippen LogP contribution >= 0.6 is 11.3 Å². The van der Waals surface area contributed by atoms with Crippen molar-refractivity contribution in [1.82, 2.24) is 14.5 Å². The van der Waals surface area contributed by atoms with Gasteiger partial charge in [0.1, 0.15) is 22.8 Å². The molecule has 1 aliphatic rings. The normalized spacial score (nSPS) is 22.4. The summed E-state index contributed by atoms with van der Waals surface area (Å²) in [6.45, 7) is 8.21. The first-order chi connectivity index (χ1) is 15.4. The first-order valence-electron chi connectivity index (χ1n) is 10.4. The fourth-order valence-corrected chi connectivity index (χ4v) is 7.12. The van der Waals surface area contributed by atoms with Gasteiger partial charge in [0.25, 0.3) is 10.0 Å². The molecular formula is C23H25N3O4S2Si. The Morgan fingerprint density at radius 1 is 1.21 bits per heavy atom. The van der Waals surface area contributed by atoms with Crippen molar-refractivity contribution in [2.45, 2.75) is 42.2 Å². The molecule has 10 heteroatoms. The van der Waals surface area contributed by atoms with E-state index in [1.54, 1.807) is 30.1 Å². The molecule has 7 nitrogen and oxygen atoms in total. The van der Waals surface area contributed by atoms with Crippen molar-refractivity contribution in [2.24, 2.45) is 5.92 Å². The Bertz CT molecular complexity index is 1360. The lowest BCUT2D eigenvalue weighted by molar-refractivity contribution is -0.140. The van der Waals surface area contributed by atoms with Crippen LogP contribution in [0.1, 0.15) is 24.0 Å². The van der Waals surface area contributed by atoms with Crippen LogP contribution in [0.2, 0.25) is 19.6 Å². The minimum Gasteiger partial charge on any atom is -0.480 e. The highest BCUT2D eigenvalue weighted by Gasteiger charge is 2.70. The maximum atomic E-state index is 13.2. The van der Waals surface area contributed by atoms with Crippen molar-refractivity contribution < 1.29 is 18.3 Å². The van der Waals surface area contributed by atoms with E-state index in [-0.39, 0.29) is 10.1 Å². The van der Waals surface area contributed by atoms with Crippen LogP contribution in [-0.4, -0.2) is 42.9 Å². The molecule has 4 rings (SSSR count). The second-order valence-electron chi connectivity index (χ2n) is 9.22. The number of hydrogen-bond donors (Lipinski definition) is 2. The van der Waals surface area contributed by atoms with Crippen molar-refractivity contribution in [2.75, 3.05) is 0 Å². The van der Waals surface area contributed by atoms with E-state index in [0.29, 0.717) is 5.00 Å². The van der Waals surface area contributed by atoms with Crippen LogP contribution in [0.5, 0.6) is 0 Å². The molecule has 2 heterocycles. The number of rotatable bonds is 6. The molecule has 0 saturated heterocycles. The number of nitrogens with zero attached hydrogens (tertiary/aromatic N) is 2. The van der Waals surface area contributed by atoms with Crippen molar-refractivity contribution in [3.8, 4) is 16.5 Å². The Morgan fingerprint density at radius 3 is 2.55 bits per heavy atom. The number of sulfonamides is 1. The van der Waals surface area contributed by atoms with Crippen LogP contribution in [-0.2, 0) is 14.8 Å². The van der Waals surface area contributed by atoms with Crippen LogP contribution < -0.4 is 4.72 Å². The van der Waals surface area contributed by atoms with Gasteiger partial charge in [-0.15, -0.1) is 16.9 Å². The number of carbonyl (C=O) groups is 1. The third-order valence-electron chi connectivity index (χ3n) is 5.64. The lowest BCUT2D eigenvalue weighted by Gasteiger charge is -2.15. The van der Waals surface area contributed by atoms with E-state index in [1.165, 1.54) is 6.07 Å². The van der Waals surface area contributed by atoms with Gasteiger partial charge in [0.05, 0.1) is 11.8 Å². The van der Waals surface area contributed by atoms with E-state index in [2.05, 4.69) is 40.9 Å². The predicted molar refractivity (Wildman–Crippen MR) is 131 cm³/mol. The number of carboxylic acid groups (broad SMARTS) is 1. The fraction of sp³-hybridized carbons (Fsp3) is 0.304. The SMILES string of the molecule is CC1[C@H](c2ccccc2)[C@]1(NS(=O)(=O)c1ccc(-n2cc(C#C[Si](C)(C)C)cn2)s1)C(=O)O. The van der Waals surface area contributed by atoms with Crippen molar-refractivity contribution >= 4 is 35.4 Å².